The Morgan fingerprint density at radius 1 is 1.09 bits per heavy atom. The third-order valence-electron chi connectivity index (χ3n) is 5.31. The van der Waals surface area contributed by atoms with Crippen molar-refractivity contribution in [3.05, 3.63) is 47.7 Å². The Balaban J connectivity index is 1.54. The van der Waals surface area contributed by atoms with Crippen LogP contribution in [-0.2, 0) is 4.79 Å². The molecule has 32 heavy (non-hydrogen) atoms. The molecule has 1 aromatic heterocycles. The Bertz CT molecular complexity index is 1140. The van der Waals surface area contributed by atoms with Crippen LogP contribution in [-0.4, -0.2) is 43.0 Å². The molecule has 2 heterocycles. The second-order valence-electron chi connectivity index (χ2n) is 7.43. The average Bonchev–Trinajstić information content (AvgIpc) is 2.79. The van der Waals surface area contributed by atoms with Crippen molar-refractivity contribution in [2.24, 2.45) is 0 Å². The molecule has 3 aromatic rings. The zero-order valence-electron chi connectivity index (χ0n) is 18.6. The third kappa shape index (κ3) is 4.52. The topological polar surface area (TPSA) is 107 Å². The lowest BCUT2D eigenvalue weighted by Crippen LogP contribution is -2.56. The van der Waals surface area contributed by atoms with Gasteiger partial charge in [-0.3, -0.25) is 10.1 Å². The number of hydrogen-bond acceptors (Lipinski definition) is 8. The van der Waals surface area contributed by atoms with E-state index in [2.05, 4.69) is 25.9 Å². The first-order chi connectivity index (χ1) is 15.5. The van der Waals surface area contributed by atoms with Crippen molar-refractivity contribution in [2.45, 2.75) is 32.6 Å². The maximum absolute atomic E-state index is 12.4. The van der Waals surface area contributed by atoms with Gasteiger partial charge in [0.25, 0.3) is 0 Å². The van der Waals surface area contributed by atoms with Crippen molar-refractivity contribution < 1.29 is 19.0 Å². The number of hydrogen-bond donors (Lipinski definition) is 3. The van der Waals surface area contributed by atoms with Crippen LogP contribution in [0.1, 0.15) is 30.6 Å². The number of methoxy groups -OCH3 is 2. The number of nitrogens with zero attached hydrogens (tertiary/aromatic N) is 2. The van der Waals surface area contributed by atoms with Crippen LogP contribution in [0.5, 0.6) is 17.2 Å². The molecule has 2 aromatic carbocycles. The predicted octanol–water partition coefficient (Wildman–Crippen LogP) is 2.90. The summed E-state index contributed by atoms with van der Waals surface area (Å²) in [4.78, 5) is 21.6. The molecule has 2 atom stereocenters. The van der Waals surface area contributed by atoms with E-state index in [0.29, 0.717) is 30.5 Å². The fourth-order valence-corrected chi connectivity index (χ4v) is 3.78. The lowest BCUT2D eigenvalue weighted by Gasteiger charge is -2.32. The van der Waals surface area contributed by atoms with Gasteiger partial charge in [-0.1, -0.05) is 6.07 Å². The summed E-state index contributed by atoms with van der Waals surface area (Å²) < 4.78 is 16.3. The van der Waals surface area contributed by atoms with E-state index < -0.39 is 6.29 Å². The van der Waals surface area contributed by atoms with Gasteiger partial charge in [-0.2, -0.15) is 0 Å². The van der Waals surface area contributed by atoms with E-state index >= 15 is 0 Å². The molecule has 0 aliphatic carbocycles. The van der Waals surface area contributed by atoms with Gasteiger partial charge in [0.05, 0.1) is 32.0 Å². The fraction of sp³-hybridized carbons (Fsp3) is 0.348. The van der Waals surface area contributed by atoms with Crippen LogP contribution in [0.2, 0.25) is 0 Å². The number of fused-ring (bicyclic) bond motifs is 1. The maximum atomic E-state index is 12.4. The minimum Gasteiger partial charge on any atom is -0.494 e. The molecule has 1 fully saturated rings. The number of anilines is 1. The maximum Gasteiger partial charge on any atom is 0.226 e. The van der Waals surface area contributed by atoms with Crippen LogP contribution in [0.15, 0.2) is 36.4 Å². The molecule has 0 saturated carbocycles. The van der Waals surface area contributed by atoms with Crippen molar-refractivity contribution in [1.82, 2.24) is 20.6 Å². The average molecular weight is 438 g/mol. The molecule has 1 aliphatic rings. The summed E-state index contributed by atoms with van der Waals surface area (Å²) in [5, 5.41) is 10.4. The minimum atomic E-state index is -0.533. The van der Waals surface area contributed by atoms with Gasteiger partial charge >= 0.3 is 0 Å². The van der Waals surface area contributed by atoms with Gasteiger partial charge in [0, 0.05) is 17.8 Å². The van der Waals surface area contributed by atoms with Crippen LogP contribution in [0.25, 0.3) is 10.9 Å². The van der Waals surface area contributed by atoms with Gasteiger partial charge in [-0.25, -0.2) is 9.97 Å². The summed E-state index contributed by atoms with van der Waals surface area (Å²) >= 11 is 0. The molecule has 2 unspecified atom stereocenters. The normalized spacial score (nSPS) is 18.2. The Morgan fingerprint density at radius 3 is 2.66 bits per heavy atom. The molecule has 0 bridgehead atoms. The number of aromatic nitrogens is 2. The Kier molecular flexibility index (Phi) is 6.27. The van der Waals surface area contributed by atoms with E-state index in [0.717, 1.165) is 27.9 Å². The van der Waals surface area contributed by atoms with E-state index in [1.165, 1.54) is 0 Å². The number of carbonyl (C=O) groups is 1. The zero-order chi connectivity index (χ0) is 22.7. The molecule has 0 spiro atoms. The van der Waals surface area contributed by atoms with Crippen LogP contribution >= 0.6 is 0 Å². The Hall–Kier alpha value is -3.59. The smallest absolute Gasteiger partial charge is 0.226 e. The first kappa shape index (κ1) is 21.6. The number of nitrogens with one attached hydrogen (secondary N) is 3. The first-order valence-corrected chi connectivity index (χ1v) is 10.5. The van der Waals surface area contributed by atoms with E-state index in [9.17, 15) is 4.79 Å². The molecular formula is C23H27N5O4. The molecule has 1 aliphatic heterocycles. The van der Waals surface area contributed by atoms with E-state index in [-0.39, 0.29) is 11.9 Å². The highest BCUT2D eigenvalue weighted by molar-refractivity contribution is 5.83. The number of rotatable bonds is 7. The van der Waals surface area contributed by atoms with Crippen LogP contribution in [0.3, 0.4) is 0 Å². The minimum absolute atomic E-state index is 0.0834. The van der Waals surface area contributed by atoms with Gasteiger partial charge in [0.15, 0.2) is 17.8 Å². The van der Waals surface area contributed by atoms with Crippen molar-refractivity contribution in [3.63, 3.8) is 0 Å². The SMILES string of the molecule is CCOc1ccc2nc(NC3NC(=O)CC(c4ccc(OC)c(OC)c4)N3)nc(C)c2c1. The van der Waals surface area contributed by atoms with Crippen molar-refractivity contribution in [2.75, 3.05) is 26.1 Å². The van der Waals surface area contributed by atoms with Gasteiger partial charge < -0.3 is 24.8 Å². The van der Waals surface area contributed by atoms with E-state index in [1.807, 2.05) is 50.2 Å². The van der Waals surface area contributed by atoms with Crippen LogP contribution < -0.4 is 30.2 Å². The summed E-state index contributed by atoms with van der Waals surface area (Å²) in [5.41, 5.74) is 2.53. The van der Waals surface area contributed by atoms with Gasteiger partial charge in [0.2, 0.25) is 11.9 Å². The largest absolute Gasteiger partial charge is 0.494 e. The van der Waals surface area contributed by atoms with E-state index in [1.54, 1.807) is 14.2 Å². The number of amides is 1. The number of benzene rings is 2. The standard InChI is InChI=1S/C23H27N5O4/c1-5-32-15-7-8-17-16(11-15)13(2)24-22(25-17)28-23-26-18(12-21(29)27-23)14-6-9-19(30-3)20(10-14)31-4/h6-11,18,23,26H,5,12H2,1-4H3,(H,27,29)(H,24,25,28). The highest BCUT2D eigenvalue weighted by atomic mass is 16.5. The van der Waals surface area contributed by atoms with Gasteiger partial charge in [0.1, 0.15) is 5.75 Å². The molecule has 3 N–H and O–H groups in total. The summed E-state index contributed by atoms with van der Waals surface area (Å²) in [5.74, 6) is 2.37. The highest BCUT2D eigenvalue weighted by Gasteiger charge is 2.28. The summed E-state index contributed by atoms with van der Waals surface area (Å²) in [7, 11) is 3.18. The fourth-order valence-electron chi connectivity index (χ4n) is 3.78. The van der Waals surface area contributed by atoms with Crippen molar-refractivity contribution in [3.8, 4) is 17.2 Å². The predicted molar refractivity (Wildman–Crippen MR) is 121 cm³/mol. The molecule has 1 amide bonds. The number of aryl methyl sites for hydroxylation is 1. The molecule has 0 radical (unpaired) electrons. The molecule has 4 rings (SSSR count). The van der Waals surface area contributed by atoms with Crippen molar-refractivity contribution in [1.29, 1.82) is 0 Å². The molecular weight excluding hydrogens is 410 g/mol. The lowest BCUT2D eigenvalue weighted by atomic mass is 10.0. The highest BCUT2D eigenvalue weighted by Crippen LogP contribution is 2.32. The molecule has 9 heteroatoms. The second-order valence-corrected chi connectivity index (χ2v) is 7.43. The van der Waals surface area contributed by atoms with Crippen LogP contribution in [0, 0.1) is 6.92 Å². The molecule has 168 valence electrons. The van der Waals surface area contributed by atoms with E-state index in [4.69, 9.17) is 14.2 Å². The number of ether oxygens (including phenoxy) is 3. The number of carbonyl (C=O) groups excluding carboxylic acids is 1. The quantitative estimate of drug-likeness (QED) is 0.518. The summed E-state index contributed by atoms with van der Waals surface area (Å²) in [6.07, 6.45) is -0.236. The second kappa shape index (κ2) is 9.27. The Morgan fingerprint density at radius 2 is 1.91 bits per heavy atom. The van der Waals surface area contributed by atoms with Crippen molar-refractivity contribution >= 4 is 22.8 Å². The van der Waals surface area contributed by atoms with Gasteiger partial charge in [-0.15, -0.1) is 0 Å². The lowest BCUT2D eigenvalue weighted by molar-refractivity contribution is -0.124. The summed E-state index contributed by atoms with van der Waals surface area (Å²) in [6.45, 7) is 4.46. The zero-order valence-corrected chi connectivity index (χ0v) is 18.6. The molecule has 9 nitrogen and oxygen atoms in total. The van der Waals surface area contributed by atoms with Gasteiger partial charge in [-0.05, 0) is 49.7 Å². The molecule has 1 saturated heterocycles. The Labute approximate surface area is 186 Å². The first-order valence-electron chi connectivity index (χ1n) is 10.5. The third-order valence-corrected chi connectivity index (χ3v) is 5.31. The summed E-state index contributed by atoms with van der Waals surface area (Å²) in [6, 6.07) is 11.1. The monoisotopic (exact) mass is 437 g/mol. The van der Waals surface area contributed by atoms with Crippen LogP contribution in [0.4, 0.5) is 5.95 Å².